The first-order valence-corrected chi connectivity index (χ1v) is 16.9. The molecular weight excluding hydrogens is 617 g/mol. The molecule has 8 N–H and O–H groups in total. The van der Waals surface area contributed by atoms with Crippen molar-refractivity contribution in [1.29, 1.82) is 0 Å². The summed E-state index contributed by atoms with van der Waals surface area (Å²) in [4.78, 5) is 71.7. The van der Waals surface area contributed by atoms with Crippen molar-refractivity contribution < 1.29 is 43.2 Å². The van der Waals surface area contributed by atoms with Crippen molar-refractivity contribution in [2.24, 2.45) is 0 Å². The molecule has 0 radical (unpaired) electrons. The molecule has 0 unspecified atom stereocenters. The second-order valence-electron chi connectivity index (χ2n) is 10.9. The van der Waals surface area contributed by atoms with Crippen molar-refractivity contribution in [3.8, 4) is 5.75 Å². The van der Waals surface area contributed by atoms with E-state index in [0.29, 0.717) is 30.0 Å². The number of hydrogen-bond donors (Lipinski definition) is 7. The van der Waals surface area contributed by atoms with Crippen LogP contribution < -0.4 is 26.2 Å². The SMILES string of the molecule is CCCCCN(CCCCC)C(=O)[C@H](CCC(=O)O)NC(=O)[C@H](Cc1ccc(OP(=O)(O)O)cc1)NC(=O)Nc1ccc(N)cc1. The minimum atomic E-state index is -4.78. The number of carbonyl (C=O) groups is 4. The van der Waals surface area contributed by atoms with Crippen molar-refractivity contribution in [3.63, 3.8) is 0 Å². The number of nitrogens with zero attached hydrogens (tertiary/aromatic N) is 1. The molecule has 14 nitrogen and oxygen atoms in total. The predicted molar refractivity (Wildman–Crippen MR) is 174 cm³/mol. The Morgan fingerprint density at radius 3 is 1.98 bits per heavy atom. The van der Waals surface area contributed by atoms with Gasteiger partial charge >= 0.3 is 19.8 Å². The Hall–Kier alpha value is -4.13. The number of carboxylic acid groups (broad SMARTS) is 1. The van der Waals surface area contributed by atoms with E-state index in [0.717, 1.165) is 38.5 Å². The van der Waals surface area contributed by atoms with Crippen molar-refractivity contribution in [3.05, 3.63) is 54.1 Å². The number of nitrogen functional groups attached to an aromatic ring is 1. The number of hydrogen-bond acceptors (Lipinski definition) is 7. The van der Waals surface area contributed by atoms with E-state index < -0.39 is 37.8 Å². The zero-order valence-electron chi connectivity index (χ0n) is 26.3. The highest BCUT2D eigenvalue weighted by atomic mass is 31.2. The molecule has 0 aromatic heterocycles. The number of aliphatic carboxylic acids is 1. The standard InChI is InChI=1S/C31H46N5O9P/c1-3-5-7-19-36(20-8-6-4-2)30(40)26(17-18-28(37)38)34-29(39)27(35-31(41)33-24-13-11-23(32)12-14-24)21-22-9-15-25(16-10-22)45-46(42,43)44/h9-16,26-27H,3-8,17-21,32H2,1-2H3,(H,34,39)(H,37,38)(H2,33,35,41)(H2,42,43,44)/t26-,27-/m0/s1. The first-order chi connectivity index (χ1) is 21.8. The summed E-state index contributed by atoms with van der Waals surface area (Å²) in [5.74, 6) is -2.32. The van der Waals surface area contributed by atoms with E-state index in [9.17, 15) is 28.8 Å². The molecule has 0 saturated carbocycles. The number of unbranched alkanes of at least 4 members (excludes halogenated alkanes) is 4. The average Bonchev–Trinajstić information content (AvgIpc) is 2.99. The molecule has 0 heterocycles. The Kier molecular flexibility index (Phi) is 16.0. The third-order valence-electron chi connectivity index (χ3n) is 7.01. The third kappa shape index (κ3) is 14.8. The summed E-state index contributed by atoms with van der Waals surface area (Å²) in [5.41, 5.74) is 7.11. The van der Waals surface area contributed by atoms with Gasteiger partial charge in [0.15, 0.2) is 0 Å². The van der Waals surface area contributed by atoms with E-state index in [1.54, 1.807) is 29.2 Å². The molecule has 2 atom stereocenters. The Labute approximate surface area is 269 Å². The first kappa shape index (κ1) is 38.1. The highest BCUT2D eigenvalue weighted by Gasteiger charge is 2.30. The number of urea groups is 1. The summed E-state index contributed by atoms with van der Waals surface area (Å²) < 4.78 is 15.8. The fourth-order valence-corrected chi connectivity index (χ4v) is 5.01. The van der Waals surface area contributed by atoms with Gasteiger partial charge in [0.1, 0.15) is 17.8 Å². The lowest BCUT2D eigenvalue weighted by molar-refractivity contribution is -0.139. The molecule has 2 aromatic carbocycles. The number of phosphoric ester groups is 1. The van der Waals surface area contributed by atoms with Crippen LogP contribution in [0.2, 0.25) is 0 Å². The fourth-order valence-electron chi connectivity index (χ4n) is 4.62. The van der Waals surface area contributed by atoms with Gasteiger partial charge in [0.05, 0.1) is 0 Å². The smallest absolute Gasteiger partial charge is 0.481 e. The summed E-state index contributed by atoms with van der Waals surface area (Å²) in [6.07, 6.45) is 4.70. The average molecular weight is 664 g/mol. The second kappa shape index (κ2) is 19.4. The van der Waals surface area contributed by atoms with Crippen LogP contribution in [0.5, 0.6) is 5.75 Å². The summed E-state index contributed by atoms with van der Waals surface area (Å²) in [5, 5.41) is 17.3. The van der Waals surface area contributed by atoms with Crippen LogP contribution in [-0.4, -0.2) is 68.8 Å². The van der Waals surface area contributed by atoms with E-state index >= 15 is 0 Å². The van der Waals surface area contributed by atoms with E-state index in [4.69, 9.17) is 15.5 Å². The molecule has 2 aromatic rings. The topological polar surface area (TPSA) is 221 Å². The molecule has 0 aliphatic heterocycles. The van der Waals surface area contributed by atoms with Gasteiger partial charge in [-0.25, -0.2) is 9.36 Å². The number of nitrogens with two attached hydrogens (primary N) is 1. The molecule has 0 fully saturated rings. The van der Waals surface area contributed by atoms with Gasteiger partial charge in [0.2, 0.25) is 11.8 Å². The van der Waals surface area contributed by atoms with Crippen LogP contribution in [0, 0.1) is 0 Å². The van der Waals surface area contributed by atoms with Gasteiger partial charge in [-0.2, -0.15) is 0 Å². The van der Waals surface area contributed by atoms with Crippen LogP contribution in [0.3, 0.4) is 0 Å². The molecular formula is C31H46N5O9P. The number of rotatable bonds is 20. The number of anilines is 2. The summed E-state index contributed by atoms with van der Waals surface area (Å²) in [7, 11) is -4.78. The van der Waals surface area contributed by atoms with Gasteiger partial charge in [-0.1, -0.05) is 51.7 Å². The van der Waals surface area contributed by atoms with E-state index in [2.05, 4.69) is 20.5 Å². The maximum atomic E-state index is 13.7. The lowest BCUT2D eigenvalue weighted by Crippen LogP contribution is -2.55. The van der Waals surface area contributed by atoms with Crippen LogP contribution in [0.4, 0.5) is 16.2 Å². The minimum absolute atomic E-state index is 0.0757. The van der Waals surface area contributed by atoms with Gasteiger partial charge in [-0.05, 0) is 61.2 Å². The van der Waals surface area contributed by atoms with Crippen molar-refractivity contribution in [2.45, 2.75) is 83.7 Å². The highest BCUT2D eigenvalue weighted by Crippen LogP contribution is 2.37. The van der Waals surface area contributed by atoms with Gasteiger partial charge < -0.3 is 36.2 Å². The maximum absolute atomic E-state index is 13.7. The van der Waals surface area contributed by atoms with E-state index in [1.807, 2.05) is 13.8 Å². The molecule has 0 aliphatic rings. The van der Waals surface area contributed by atoms with Crippen LogP contribution >= 0.6 is 7.82 Å². The zero-order chi connectivity index (χ0) is 34.1. The number of amides is 4. The Balaban J connectivity index is 2.32. The van der Waals surface area contributed by atoms with Gasteiger partial charge in [0, 0.05) is 37.3 Å². The van der Waals surface area contributed by atoms with Crippen molar-refractivity contribution in [2.75, 3.05) is 24.1 Å². The Bertz CT molecular complexity index is 1310. The van der Waals surface area contributed by atoms with Gasteiger partial charge in [-0.15, -0.1) is 0 Å². The lowest BCUT2D eigenvalue weighted by Gasteiger charge is -2.29. The second-order valence-corrected chi connectivity index (χ2v) is 12.1. The molecule has 2 rings (SSSR count). The highest BCUT2D eigenvalue weighted by molar-refractivity contribution is 7.46. The van der Waals surface area contributed by atoms with Crippen molar-refractivity contribution >= 4 is 43.0 Å². The number of carboxylic acids is 1. The first-order valence-electron chi connectivity index (χ1n) is 15.4. The quantitative estimate of drug-likeness (QED) is 0.0612. The van der Waals surface area contributed by atoms with Crippen LogP contribution in [-0.2, 0) is 25.4 Å². The molecule has 0 spiro atoms. The number of benzene rings is 2. The molecule has 4 amide bonds. The predicted octanol–water partition coefficient (Wildman–Crippen LogP) is 4.03. The van der Waals surface area contributed by atoms with E-state index in [1.165, 1.54) is 24.3 Å². The lowest BCUT2D eigenvalue weighted by atomic mass is 10.0. The van der Waals surface area contributed by atoms with Crippen LogP contribution in [0.15, 0.2) is 48.5 Å². The summed E-state index contributed by atoms with van der Waals surface area (Å²) in [6, 6.07) is 8.81. The number of carbonyl (C=O) groups excluding carboxylic acids is 3. The zero-order valence-corrected chi connectivity index (χ0v) is 27.2. The number of phosphoric acid groups is 1. The molecule has 46 heavy (non-hydrogen) atoms. The van der Waals surface area contributed by atoms with Gasteiger partial charge in [-0.3, -0.25) is 24.2 Å². The number of nitrogens with one attached hydrogen (secondary N) is 3. The summed E-state index contributed by atoms with van der Waals surface area (Å²) >= 11 is 0. The Morgan fingerprint density at radius 2 is 1.46 bits per heavy atom. The molecule has 254 valence electrons. The van der Waals surface area contributed by atoms with E-state index in [-0.39, 0.29) is 30.9 Å². The minimum Gasteiger partial charge on any atom is -0.481 e. The monoisotopic (exact) mass is 663 g/mol. The molecule has 0 saturated heterocycles. The summed E-state index contributed by atoms with van der Waals surface area (Å²) in [6.45, 7) is 5.05. The van der Waals surface area contributed by atoms with Crippen LogP contribution in [0.25, 0.3) is 0 Å². The fraction of sp³-hybridized carbons (Fsp3) is 0.484. The normalized spacial score (nSPS) is 12.4. The van der Waals surface area contributed by atoms with Gasteiger partial charge in [0.25, 0.3) is 0 Å². The van der Waals surface area contributed by atoms with Crippen LogP contribution in [0.1, 0.15) is 70.8 Å². The Morgan fingerprint density at radius 1 is 0.870 bits per heavy atom. The molecule has 0 aliphatic carbocycles. The molecule has 0 bridgehead atoms. The molecule has 15 heteroatoms. The largest absolute Gasteiger partial charge is 0.524 e. The third-order valence-corrected chi connectivity index (χ3v) is 7.46. The van der Waals surface area contributed by atoms with Crippen molar-refractivity contribution in [1.82, 2.24) is 15.5 Å². The maximum Gasteiger partial charge on any atom is 0.524 e.